The van der Waals surface area contributed by atoms with Crippen molar-refractivity contribution in [2.24, 2.45) is 4.99 Å². The molecule has 0 bridgehead atoms. The van der Waals surface area contributed by atoms with Crippen LogP contribution in [-0.2, 0) is 4.74 Å². The highest BCUT2D eigenvalue weighted by molar-refractivity contribution is 9.10. The Balaban J connectivity index is 2.29. The van der Waals surface area contributed by atoms with Crippen molar-refractivity contribution in [1.29, 1.82) is 0 Å². The van der Waals surface area contributed by atoms with Gasteiger partial charge in [-0.3, -0.25) is 4.98 Å². The third-order valence-electron chi connectivity index (χ3n) is 1.91. The Bertz CT molecular complexity index is 370. The molecule has 0 spiro atoms. The van der Waals surface area contributed by atoms with Gasteiger partial charge < -0.3 is 4.74 Å². The molecular weight excluding hydrogens is 244 g/mol. The van der Waals surface area contributed by atoms with E-state index < -0.39 is 0 Å². The normalized spacial score (nSPS) is 18.9. The fraction of sp³-hybridized carbons (Fsp3) is 0.400. The van der Waals surface area contributed by atoms with Crippen molar-refractivity contribution in [3.05, 3.63) is 28.5 Å². The molecule has 0 aliphatic carbocycles. The van der Waals surface area contributed by atoms with Gasteiger partial charge in [0.15, 0.2) is 0 Å². The number of halogens is 1. The predicted molar refractivity (Wildman–Crippen MR) is 58.5 cm³/mol. The summed E-state index contributed by atoms with van der Waals surface area (Å²) in [6.45, 7) is 4.71. The maximum Gasteiger partial charge on any atom is 0.236 e. The summed E-state index contributed by atoms with van der Waals surface area (Å²) < 4.78 is 6.42. The van der Waals surface area contributed by atoms with Crippen LogP contribution in [0, 0.1) is 0 Å². The molecule has 2 rings (SSSR count). The minimum Gasteiger partial charge on any atom is -0.474 e. The molecule has 4 heteroatoms. The molecule has 0 radical (unpaired) electrons. The summed E-state index contributed by atoms with van der Waals surface area (Å²) in [7, 11) is 0. The van der Waals surface area contributed by atoms with E-state index in [0.717, 1.165) is 10.2 Å². The summed E-state index contributed by atoms with van der Waals surface area (Å²) in [4.78, 5) is 8.66. The number of aliphatic imine (C=N–C) groups is 1. The summed E-state index contributed by atoms with van der Waals surface area (Å²) in [5, 5.41) is 0. The van der Waals surface area contributed by atoms with Crippen molar-refractivity contribution < 1.29 is 4.74 Å². The predicted octanol–water partition coefficient (Wildman–Crippen LogP) is 2.40. The topological polar surface area (TPSA) is 34.5 Å². The first-order valence-electron chi connectivity index (χ1n) is 4.41. The van der Waals surface area contributed by atoms with Gasteiger partial charge in [-0.25, -0.2) is 4.99 Å². The van der Waals surface area contributed by atoms with Crippen molar-refractivity contribution in [2.75, 3.05) is 6.61 Å². The van der Waals surface area contributed by atoms with Gasteiger partial charge in [0.1, 0.15) is 12.3 Å². The molecule has 0 aromatic carbocycles. The zero-order valence-electron chi connectivity index (χ0n) is 8.12. The Hall–Kier alpha value is -0.900. The van der Waals surface area contributed by atoms with E-state index in [1.807, 2.05) is 26.0 Å². The van der Waals surface area contributed by atoms with Gasteiger partial charge >= 0.3 is 0 Å². The third kappa shape index (κ3) is 1.95. The lowest BCUT2D eigenvalue weighted by molar-refractivity contribution is 0.279. The molecule has 0 saturated heterocycles. The van der Waals surface area contributed by atoms with Crippen molar-refractivity contribution >= 4 is 21.8 Å². The van der Waals surface area contributed by atoms with Crippen molar-refractivity contribution in [2.45, 2.75) is 19.4 Å². The first-order valence-corrected chi connectivity index (χ1v) is 5.21. The van der Waals surface area contributed by atoms with Gasteiger partial charge in [0.05, 0.1) is 5.54 Å². The van der Waals surface area contributed by atoms with Gasteiger partial charge in [0, 0.05) is 10.7 Å². The van der Waals surface area contributed by atoms with Gasteiger partial charge in [-0.2, -0.15) is 0 Å². The van der Waals surface area contributed by atoms with Gasteiger partial charge in [-0.05, 0) is 41.9 Å². The summed E-state index contributed by atoms with van der Waals surface area (Å²) >= 11 is 3.33. The molecule has 0 fully saturated rings. The first-order chi connectivity index (χ1) is 6.57. The average Bonchev–Trinajstić information content (AvgIpc) is 2.47. The number of pyridine rings is 1. The summed E-state index contributed by atoms with van der Waals surface area (Å²) in [6, 6.07) is 3.82. The van der Waals surface area contributed by atoms with Crippen molar-refractivity contribution in [3.63, 3.8) is 0 Å². The van der Waals surface area contributed by atoms with E-state index in [2.05, 4.69) is 25.9 Å². The molecule has 1 aliphatic rings. The summed E-state index contributed by atoms with van der Waals surface area (Å²) in [6.07, 6.45) is 1.74. The summed E-state index contributed by atoms with van der Waals surface area (Å²) in [5.41, 5.74) is 0.670. The highest BCUT2D eigenvalue weighted by Crippen LogP contribution is 2.20. The van der Waals surface area contributed by atoms with E-state index in [9.17, 15) is 0 Å². The van der Waals surface area contributed by atoms with Crippen molar-refractivity contribution in [3.8, 4) is 0 Å². The Labute approximate surface area is 91.3 Å². The minimum absolute atomic E-state index is 0.121. The zero-order chi connectivity index (χ0) is 10.2. The van der Waals surface area contributed by atoms with Gasteiger partial charge in [-0.1, -0.05) is 0 Å². The third-order valence-corrected chi connectivity index (χ3v) is 2.38. The molecule has 0 unspecified atom stereocenters. The Morgan fingerprint density at radius 3 is 2.71 bits per heavy atom. The molecule has 0 amide bonds. The number of ether oxygens (including phenoxy) is 1. The first kappa shape index (κ1) is 9.65. The van der Waals surface area contributed by atoms with E-state index >= 15 is 0 Å². The van der Waals surface area contributed by atoms with E-state index in [-0.39, 0.29) is 5.54 Å². The molecular formula is C10H11BrN2O. The second kappa shape index (κ2) is 3.35. The standard InChI is InChI=1S/C10H11BrN2O/c1-10(2)6-14-9(13-10)8-4-3-7(11)5-12-8/h3-5H,6H2,1-2H3. The van der Waals surface area contributed by atoms with Crippen LogP contribution in [0.4, 0.5) is 0 Å². The Morgan fingerprint density at radius 2 is 2.21 bits per heavy atom. The maximum atomic E-state index is 5.47. The van der Waals surface area contributed by atoms with Gasteiger partial charge in [0.25, 0.3) is 0 Å². The van der Waals surface area contributed by atoms with Crippen molar-refractivity contribution in [1.82, 2.24) is 4.98 Å². The second-order valence-corrected chi connectivity index (χ2v) is 4.80. The number of hydrogen-bond donors (Lipinski definition) is 0. The molecule has 0 atom stereocenters. The molecule has 1 aromatic heterocycles. The quantitative estimate of drug-likeness (QED) is 0.772. The van der Waals surface area contributed by atoms with Crippen LogP contribution in [0.25, 0.3) is 0 Å². The van der Waals surface area contributed by atoms with E-state index in [1.165, 1.54) is 0 Å². The van der Waals surface area contributed by atoms with Gasteiger partial charge in [0.2, 0.25) is 5.90 Å². The molecule has 0 N–H and O–H groups in total. The number of aromatic nitrogens is 1. The maximum absolute atomic E-state index is 5.47. The number of hydrogen-bond acceptors (Lipinski definition) is 3. The highest BCUT2D eigenvalue weighted by Gasteiger charge is 2.27. The Kier molecular flexibility index (Phi) is 2.31. The SMILES string of the molecule is CC1(C)COC(c2ccc(Br)cn2)=N1. The van der Waals surface area contributed by atoms with Crippen LogP contribution in [0.15, 0.2) is 27.8 Å². The minimum atomic E-state index is -0.121. The largest absolute Gasteiger partial charge is 0.474 e. The molecule has 1 aliphatic heterocycles. The number of rotatable bonds is 1. The molecule has 1 aromatic rings. The van der Waals surface area contributed by atoms with Crippen LogP contribution >= 0.6 is 15.9 Å². The average molecular weight is 255 g/mol. The lowest BCUT2D eigenvalue weighted by Gasteiger charge is -2.07. The van der Waals surface area contributed by atoms with E-state index in [0.29, 0.717) is 12.5 Å². The van der Waals surface area contributed by atoms with Crippen LogP contribution < -0.4 is 0 Å². The highest BCUT2D eigenvalue weighted by atomic mass is 79.9. The summed E-state index contributed by atoms with van der Waals surface area (Å²) in [5.74, 6) is 0.641. The molecule has 14 heavy (non-hydrogen) atoms. The van der Waals surface area contributed by atoms with Crippen LogP contribution in [0.5, 0.6) is 0 Å². The molecule has 0 saturated carbocycles. The smallest absolute Gasteiger partial charge is 0.236 e. The zero-order valence-corrected chi connectivity index (χ0v) is 9.71. The Morgan fingerprint density at radius 1 is 1.43 bits per heavy atom. The lowest BCUT2D eigenvalue weighted by Crippen LogP contribution is -2.17. The number of nitrogens with zero attached hydrogens (tertiary/aromatic N) is 2. The fourth-order valence-corrected chi connectivity index (χ4v) is 1.45. The molecule has 2 heterocycles. The van der Waals surface area contributed by atoms with Gasteiger partial charge in [-0.15, -0.1) is 0 Å². The van der Waals surface area contributed by atoms with E-state index in [1.54, 1.807) is 6.20 Å². The second-order valence-electron chi connectivity index (χ2n) is 3.88. The van der Waals surface area contributed by atoms with Crippen LogP contribution in [0.1, 0.15) is 19.5 Å². The fourth-order valence-electron chi connectivity index (χ4n) is 1.22. The monoisotopic (exact) mass is 254 g/mol. The molecule has 74 valence electrons. The van der Waals surface area contributed by atoms with E-state index in [4.69, 9.17) is 4.74 Å². The van der Waals surface area contributed by atoms with Crippen LogP contribution in [0.2, 0.25) is 0 Å². The van der Waals surface area contributed by atoms with Crippen LogP contribution in [0.3, 0.4) is 0 Å². The lowest BCUT2D eigenvalue weighted by atomic mass is 10.1. The van der Waals surface area contributed by atoms with Crippen LogP contribution in [-0.4, -0.2) is 23.0 Å². The molecule has 3 nitrogen and oxygen atoms in total.